The van der Waals surface area contributed by atoms with Crippen LogP contribution in [0.2, 0.25) is 0 Å². The molecule has 3 aromatic rings. The van der Waals surface area contributed by atoms with Crippen LogP contribution in [0.15, 0.2) is 23.4 Å². The summed E-state index contributed by atoms with van der Waals surface area (Å²) in [5.74, 6) is -1.10. The van der Waals surface area contributed by atoms with Crippen molar-refractivity contribution in [3.8, 4) is 0 Å². The Labute approximate surface area is 197 Å². The van der Waals surface area contributed by atoms with Gasteiger partial charge in [-0.2, -0.15) is 0 Å². The topological polar surface area (TPSA) is 149 Å². The minimum atomic E-state index is -1.31. The van der Waals surface area contributed by atoms with Crippen LogP contribution in [0, 0.1) is 11.6 Å². The summed E-state index contributed by atoms with van der Waals surface area (Å²) in [7, 11) is 0. The van der Waals surface area contributed by atoms with E-state index in [-0.39, 0.29) is 18.4 Å². The fraction of sp³-hybridized carbons (Fsp3) is 0.524. The highest BCUT2D eigenvalue weighted by molar-refractivity contribution is 7.99. The molecule has 13 heteroatoms. The van der Waals surface area contributed by atoms with E-state index in [1.54, 1.807) is 13.0 Å². The molecule has 5 rings (SSSR count). The van der Waals surface area contributed by atoms with Gasteiger partial charge in [0, 0.05) is 24.1 Å². The summed E-state index contributed by atoms with van der Waals surface area (Å²) in [4.78, 5) is 9.02. The van der Waals surface area contributed by atoms with E-state index in [1.165, 1.54) is 22.5 Å². The zero-order valence-corrected chi connectivity index (χ0v) is 18.9. The first-order chi connectivity index (χ1) is 16.2. The third kappa shape index (κ3) is 4.33. The van der Waals surface area contributed by atoms with Crippen LogP contribution in [0.1, 0.15) is 37.3 Å². The van der Waals surface area contributed by atoms with Crippen molar-refractivity contribution in [1.82, 2.24) is 25.0 Å². The molecule has 34 heavy (non-hydrogen) atoms. The predicted molar refractivity (Wildman–Crippen MR) is 118 cm³/mol. The van der Waals surface area contributed by atoms with Gasteiger partial charge in [0.1, 0.15) is 12.2 Å². The van der Waals surface area contributed by atoms with Gasteiger partial charge in [-0.05, 0) is 31.0 Å². The maximum atomic E-state index is 13.7. The quantitative estimate of drug-likeness (QED) is 0.238. The molecule has 0 bridgehead atoms. The lowest BCUT2D eigenvalue weighted by Gasteiger charge is -2.16. The lowest BCUT2D eigenvalue weighted by atomic mass is 10.1. The molecule has 2 aliphatic rings. The van der Waals surface area contributed by atoms with E-state index in [9.17, 15) is 29.2 Å². The van der Waals surface area contributed by atoms with Crippen molar-refractivity contribution >= 4 is 28.7 Å². The van der Waals surface area contributed by atoms with E-state index in [0.29, 0.717) is 39.9 Å². The number of hydrogen-bond acceptors (Lipinski definition) is 10. The third-order valence-corrected chi connectivity index (χ3v) is 7.27. The minimum absolute atomic E-state index is 0.0364. The number of aliphatic hydroxyl groups is 4. The van der Waals surface area contributed by atoms with Crippen LogP contribution in [-0.2, 0) is 0 Å². The molecule has 1 unspecified atom stereocenters. The van der Waals surface area contributed by atoms with Gasteiger partial charge >= 0.3 is 0 Å². The van der Waals surface area contributed by atoms with E-state index in [1.807, 2.05) is 0 Å². The molecule has 2 aliphatic carbocycles. The lowest BCUT2D eigenvalue weighted by molar-refractivity contribution is -0.0253. The third-order valence-electron chi connectivity index (χ3n) is 6.18. The van der Waals surface area contributed by atoms with Gasteiger partial charge in [0.15, 0.2) is 33.8 Å². The largest absolute Gasteiger partial charge is 0.393 e. The molecule has 0 radical (unpaired) electrons. The number of nitrogens with one attached hydrogen (secondary N) is 1. The standard InChI is InChI=1S/C21H24F2N6O4S/c1-8(30)7-34-21-25-19(24-13-5-10(13)9-2-3-11(22)12(23)4-9)16-20(26-21)29(28-27-16)14-6-15(31)18(33)17(14)32/h2-4,8,10,13-15,17-18,30-33H,5-7H2,1H3,(H,24,25,26)/t8?,10-,13+,14+,15-,17-,18+/m0/s1. The van der Waals surface area contributed by atoms with Gasteiger partial charge < -0.3 is 25.7 Å². The highest BCUT2D eigenvalue weighted by Gasteiger charge is 2.44. The van der Waals surface area contributed by atoms with Crippen LogP contribution in [0.4, 0.5) is 14.6 Å². The molecule has 2 saturated carbocycles. The molecule has 0 saturated heterocycles. The predicted octanol–water partition coefficient (Wildman–Crippen LogP) is 0.968. The summed E-state index contributed by atoms with van der Waals surface area (Å²) in [6, 6.07) is 3.02. The van der Waals surface area contributed by atoms with Gasteiger partial charge in [-0.3, -0.25) is 0 Å². The van der Waals surface area contributed by atoms with Crippen molar-refractivity contribution in [2.24, 2.45) is 0 Å². The van der Waals surface area contributed by atoms with Gasteiger partial charge in [-0.15, -0.1) is 5.10 Å². The maximum Gasteiger partial charge on any atom is 0.191 e. The number of hydrogen-bond donors (Lipinski definition) is 5. The number of halogens is 2. The molecule has 5 N–H and O–H groups in total. The number of aliphatic hydroxyl groups excluding tert-OH is 4. The van der Waals surface area contributed by atoms with E-state index in [2.05, 4.69) is 25.6 Å². The summed E-state index contributed by atoms with van der Waals surface area (Å²) in [6.07, 6.45) is -3.50. The Hall–Kier alpha value is -2.45. The van der Waals surface area contributed by atoms with E-state index in [4.69, 9.17) is 0 Å². The van der Waals surface area contributed by atoms with Crippen LogP contribution in [0.5, 0.6) is 0 Å². The zero-order chi connectivity index (χ0) is 24.1. The van der Waals surface area contributed by atoms with E-state index >= 15 is 0 Å². The van der Waals surface area contributed by atoms with Crippen LogP contribution in [0.25, 0.3) is 11.2 Å². The van der Waals surface area contributed by atoms with Crippen LogP contribution < -0.4 is 5.32 Å². The first kappa shape index (κ1) is 23.3. The first-order valence-electron chi connectivity index (χ1n) is 10.9. The second kappa shape index (κ2) is 8.96. The van der Waals surface area contributed by atoms with Crippen molar-refractivity contribution in [3.63, 3.8) is 0 Å². The Morgan fingerprint density at radius 3 is 2.62 bits per heavy atom. The molecule has 10 nitrogen and oxygen atoms in total. The Morgan fingerprint density at radius 1 is 1.15 bits per heavy atom. The van der Waals surface area contributed by atoms with Crippen molar-refractivity contribution in [1.29, 1.82) is 0 Å². The summed E-state index contributed by atoms with van der Waals surface area (Å²) in [6.45, 7) is 1.64. The number of anilines is 1. The molecular weight excluding hydrogens is 470 g/mol. The van der Waals surface area contributed by atoms with Gasteiger partial charge in [-0.1, -0.05) is 23.0 Å². The molecule has 7 atom stereocenters. The molecule has 2 fully saturated rings. The van der Waals surface area contributed by atoms with Crippen LogP contribution in [-0.4, -0.2) is 81.6 Å². The number of benzene rings is 1. The molecule has 1 aromatic carbocycles. The summed E-state index contributed by atoms with van der Waals surface area (Å²) in [5, 5.41) is 51.9. The van der Waals surface area contributed by atoms with Crippen molar-refractivity contribution in [2.75, 3.05) is 11.1 Å². The average molecular weight is 495 g/mol. The lowest BCUT2D eigenvalue weighted by Crippen LogP contribution is -2.31. The molecular formula is C21H24F2N6O4S. The second-order valence-corrected chi connectivity index (χ2v) is 9.83. The number of aromatic nitrogens is 5. The normalized spacial score (nSPS) is 29.5. The summed E-state index contributed by atoms with van der Waals surface area (Å²) >= 11 is 1.23. The molecule has 2 heterocycles. The Balaban J connectivity index is 1.46. The monoisotopic (exact) mass is 494 g/mol. The Kier molecular flexibility index (Phi) is 6.14. The van der Waals surface area contributed by atoms with Gasteiger partial charge in [0.25, 0.3) is 0 Å². The van der Waals surface area contributed by atoms with E-state index < -0.39 is 42.1 Å². The fourth-order valence-corrected chi connectivity index (χ4v) is 4.96. The van der Waals surface area contributed by atoms with Gasteiger partial charge in [0.2, 0.25) is 0 Å². The Morgan fingerprint density at radius 2 is 1.94 bits per heavy atom. The van der Waals surface area contributed by atoms with Crippen LogP contribution in [0.3, 0.4) is 0 Å². The fourth-order valence-electron chi connectivity index (χ4n) is 4.26. The maximum absolute atomic E-state index is 13.7. The molecule has 182 valence electrons. The molecule has 2 aromatic heterocycles. The second-order valence-electron chi connectivity index (χ2n) is 8.84. The Bertz CT molecular complexity index is 1210. The SMILES string of the molecule is CC(O)CSc1nc(N[C@@H]2C[C@H]2c2ccc(F)c(F)c2)c2nnn([C@@H]3C[C@H](O)[C@@H](O)[C@H]3O)c2n1. The van der Waals surface area contributed by atoms with Crippen molar-refractivity contribution in [2.45, 2.75) is 67.3 Å². The van der Waals surface area contributed by atoms with E-state index in [0.717, 1.165) is 6.07 Å². The number of nitrogens with zero attached hydrogens (tertiary/aromatic N) is 5. The molecule has 0 amide bonds. The molecule has 0 spiro atoms. The highest BCUT2D eigenvalue weighted by atomic mass is 32.2. The van der Waals surface area contributed by atoms with Crippen molar-refractivity contribution < 1.29 is 29.2 Å². The minimum Gasteiger partial charge on any atom is -0.393 e. The molecule has 0 aliphatic heterocycles. The number of rotatable bonds is 7. The smallest absolute Gasteiger partial charge is 0.191 e. The average Bonchev–Trinajstić information content (AvgIpc) is 3.36. The first-order valence-corrected chi connectivity index (χ1v) is 11.9. The number of thioether (sulfide) groups is 1. The van der Waals surface area contributed by atoms with Gasteiger partial charge in [-0.25, -0.2) is 23.4 Å². The van der Waals surface area contributed by atoms with Crippen LogP contribution >= 0.6 is 11.8 Å². The van der Waals surface area contributed by atoms with Gasteiger partial charge in [0.05, 0.1) is 18.2 Å². The number of fused-ring (bicyclic) bond motifs is 1. The highest BCUT2D eigenvalue weighted by Crippen LogP contribution is 2.44. The summed E-state index contributed by atoms with van der Waals surface area (Å²) in [5.41, 5.74) is 1.31. The summed E-state index contributed by atoms with van der Waals surface area (Å²) < 4.78 is 28.3. The van der Waals surface area contributed by atoms with Crippen molar-refractivity contribution in [3.05, 3.63) is 35.4 Å². The zero-order valence-electron chi connectivity index (χ0n) is 18.1.